The van der Waals surface area contributed by atoms with Crippen LogP contribution >= 0.6 is 28.1 Å². The fourth-order valence-electron chi connectivity index (χ4n) is 3.50. The molecule has 0 amide bonds. The molecule has 1 heterocycles. The smallest absolute Gasteiger partial charge is 0.165 e. The molecule has 1 aliphatic carbocycles. The average molecular weight is 399 g/mol. The van der Waals surface area contributed by atoms with Gasteiger partial charge < -0.3 is 10.3 Å². The van der Waals surface area contributed by atoms with Crippen LogP contribution in [0, 0.1) is 0 Å². The second-order valence-corrected chi connectivity index (χ2v) is 7.28. The van der Waals surface area contributed by atoms with E-state index < -0.39 is 0 Å². The highest BCUT2D eigenvalue weighted by atomic mass is 79.9. The average Bonchev–Trinajstić information content (AvgIpc) is 2.90. The third-order valence-electron chi connectivity index (χ3n) is 4.54. The van der Waals surface area contributed by atoms with Crippen molar-refractivity contribution in [1.82, 2.24) is 4.57 Å². The Bertz CT molecular complexity index is 1010. The first-order valence-corrected chi connectivity index (χ1v) is 9.03. The summed E-state index contributed by atoms with van der Waals surface area (Å²) >= 11 is 8.70. The van der Waals surface area contributed by atoms with Crippen LogP contribution in [-0.4, -0.2) is 15.3 Å². The number of Topliss-reactive ketones (excluding diaryl/α,β-unsaturated/α-hetero) is 1. The Hall–Kier alpha value is -1.98. The number of nitrogens with zero attached hydrogens (tertiary/aromatic N) is 1. The van der Waals surface area contributed by atoms with Gasteiger partial charge in [0.25, 0.3) is 0 Å². The summed E-state index contributed by atoms with van der Waals surface area (Å²) in [6.07, 6.45) is 2.42. The van der Waals surface area contributed by atoms with E-state index in [2.05, 4.69) is 26.6 Å². The molecule has 0 radical (unpaired) electrons. The van der Waals surface area contributed by atoms with Gasteiger partial charge in [0.05, 0.1) is 11.2 Å². The minimum Gasteiger partial charge on any atom is -0.389 e. The van der Waals surface area contributed by atoms with Gasteiger partial charge in [-0.2, -0.15) is 0 Å². The summed E-state index contributed by atoms with van der Waals surface area (Å²) < 4.78 is 3.10. The second-order valence-electron chi connectivity index (χ2n) is 5.98. The van der Waals surface area contributed by atoms with Gasteiger partial charge in [0.15, 0.2) is 5.78 Å². The minimum absolute atomic E-state index is 0.238. The molecular weight excluding hydrogens is 384 g/mol. The van der Waals surface area contributed by atoms with Crippen molar-refractivity contribution in [2.45, 2.75) is 19.3 Å². The lowest BCUT2D eigenvalue weighted by atomic mass is 9.94. The molecule has 1 aromatic heterocycles. The number of benzene rings is 2. The number of aromatic nitrogens is 1. The third-order valence-corrected chi connectivity index (χ3v) is 5.41. The van der Waals surface area contributed by atoms with Crippen LogP contribution in [0.25, 0.3) is 16.6 Å². The normalized spacial score (nSPS) is 14.0. The lowest BCUT2D eigenvalue weighted by Crippen LogP contribution is -2.13. The van der Waals surface area contributed by atoms with E-state index in [1.165, 1.54) is 0 Å². The van der Waals surface area contributed by atoms with Crippen molar-refractivity contribution in [3.63, 3.8) is 0 Å². The molecule has 4 rings (SSSR count). The minimum atomic E-state index is 0.238. The summed E-state index contributed by atoms with van der Waals surface area (Å²) in [5.41, 5.74) is 10.6. The van der Waals surface area contributed by atoms with Crippen LogP contribution in [-0.2, 0) is 6.42 Å². The molecule has 0 saturated heterocycles. The summed E-state index contributed by atoms with van der Waals surface area (Å²) in [5.74, 6) is 0.238. The number of carbonyl (C=O) groups excluding carboxylic acids is 1. The van der Waals surface area contributed by atoms with E-state index in [1.807, 2.05) is 36.4 Å². The summed E-state index contributed by atoms with van der Waals surface area (Å²) in [7, 11) is 0. The standard InChI is InChI=1S/C19H15BrN2OS/c20-13-10-11(19(21)24)8-9-15(13)22-14-5-2-1-4-12(14)18-16(22)6-3-7-17(18)23/h1-2,4-5,8-10H,3,6-7H2,(H2,21,24). The summed E-state index contributed by atoms with van der Waals surface area (Å²) in [6, 6.07) is 14.0. The molecule has 0 aliphatic heterocycles. The van der Waals surface area contributed by atoms with Crippen molar-refractivity contribution in [1.29, 1.82) is 0 Å². The predicted octanol–water partition coefficient (Wildman–Crippen LogP) is 4.55. The lowest BCUT2D eigenvalue weighted by molar-refractivity contribution is 0.0973. The zero-order chi connectivity index (χ0) is 16.8. The third kappa shape index (κ3) is 2.31. The Labute approximate surface area is 153 Å². The van der Waals surface area contributed by atoms with E-state index in [0.717, 1.165) is 50.7 Å². The van der Waals surface area contributed by atoms with E-state index in [-0.39, 0.29) is 5.78 Å². The van der Waals surface area contributed by atoms with Gasteiger partial charge >= 0.3 is 0 Å². The number of fused-ring (bicyclic) bond motifs is 3. The molecule has 3 nitrogen and oxygen atoms in total. The maximum absolute atomic E-state index is 12.5. The molecule has 0 fully saturated rings. The maximum Gasteiger partial charge on any atom is 0.165 e. The first-order valence-electron chi connectivity index (χ1n) is 7.83. The van der Waals surface area contributed by atoms with E-state index in [1.54, 1.807) is 0 Å². The molecule has 0 unspecified atom stereocenters. The molecule has 0 saturated carbocycles. The van der Waals surface area contributed by atoms with Gasteiger partial charge in [-0.05, 0) is 53.0 Å². The Morgan fingerprint density at radius 1 is 1.17 bits per heavy atom. The molecule has 2 aromatic carbocycles. The summed E-state index contributed by atoms with van der Waals surface area (Å²) in [4.78, 5) is 12.9. The molecule has 24 heavy (non-hydrogen) atoms. The molecule has 120 valence electrons. The van der Waals surface area contributed by atoms with Gasteiger partial charge in [0, 0.05) is 33.1 Å². The largest absolute Gasteiger partial charge is 0.389 e. The van der Waals surface area contributed by atoms with E-state index >= 15 is 0 Å². The van der Waals surface area contributed by atoms with Crippen LogP contribution in [0.5, 0.6) is 0 Å². The highest BCUT2D eigenvalue weighted by Crippen LogP contribution is 2.36. The topological polar surface area (TPSA) is 48.0 Å². The van der Waals surface area contributed by atoms with Crippen LogP contribution in [0.1, 0.15) is 34.5 Å². The zero-order valence-electron chi connectivity index (χ0n) is 12.9. The van der Waals surface area contributed by atoms with Crippen molar-refractivity contribution in [3.8, 4) is 5.69 Å². The van der Waals surface area contributed by atoms with Gasteiger partial charge in [0.1, 0.15) is 4.99 Å². The van der Waals surface area contributed by atoms with Gasteiger partial charge in [-0.3, -0.25) is 4.79 Å². The SMILES string of the molecule is NC(=S)c1ccc(-n2c3c(c4ccccc42)C(=O)CCC3)c(Br)c1. The van der Waals surface area contributed by atoms with Crippen molar-refractivity contribution in [3.05, 3.63) is 63.8 Å². The quantitative estimate of drug-likeness (QED) is 0.644. The van der Waals surface area contributed by atoms with Gasteiger partial charge in [-0.1, -0.05) is 30.4 Å². The van der Waals surface area contributed by atoms with Gasteiger partial charge in [0.2, 0.25) is 0 Å². The fourth-order valence-corrected chi connectivity index (χ4v) is 4.18. The summed E-state index contributed by atoms with van der Waals surface area (Å²) in [5, 5.41) is 1.03. The van der Waals surface area contributed by atoms with Crippen LogP contribution in [0.4, 0.5) is 0 Å². The van der Waals surface area contributed by atoms with Crippen LogP contribution in [0.3, 0.4) is 0 Å². The first-order chi connectivity index (χ1) is 11.6. The molecule has 0 bridgehead atoms. The Morgan fingerprint density at radius 3 is 2.71 bits per heavy atom. The number of nitrogens with two attached hydrogens (primary N) is 1. The Morgan fingerprint density at radius 2 is 1.96 bits per heavy atom. The van der Waals surface area contributed by atoms with E-state index in [9.17, 15) is 4.79 Å². The second kappa shape index (κ2) is 5.83. The van der Waals surface area contributed by atoms with Crippen molar-refractivity contribution < 1.29 is 4.79 Å². The fraction of sp³-hybridized carbons (Fsp3) is 0.158. The summed E-state index contributed by atoms with van der Waals surface area (Å²) in [6.45, 7) is 0. The zero-order valence-corrected chi connectivity index (χ0v) is 15.3. The van der Waals surface area contributed by atoms with Gasteiger partial charge in [-0.15, -0.1) is 0 Å². The number of thiocarbonyl (C=S) groups is 1. The van der Waals surface area contributed by atoms with Crippen molar-refractivity contribution in [2.24, 2.45) is 5.73 Å². The van der Waals surface area contributed by atoms with Crippen molar-refractivity contribution in [2.75, 3.05) is 0 Å². The van der Waals surface area contributed by atoms with Crippen LogP contribution in [0.15, 0.2) is 46.9 Å². The monoisotopic (exact) mass is 398 g/mol. The van der Waals surface area contributed by atoms with Crippen LogP contribution in [0.2, 0.25) is 0 Å². The highest BCUT2D eigenvalue weighted by Gasteiger charge is 2.26. The molecular formula is C19H15BrN2OS. The number of para-hydroxylation sites is 1. The predicted molar refractivity (Wildman–Crippen MR) is 104 cm³/mol. The lowest BCUT2D eigenvalue weighted by Gasteiger charge is -2.17. The number of halogens is 1. The Kier molecular flexibility index (Phi) is 3.77. The molecule has 3 aromatic rings. The first kappa shape index (κ1) is 15.5. The van der Waals surface area contributed by atoms with Crippen molar-refractivity contribution >= 4 is 49.8 Å². The molecule has 2 N–H and O–H groups in total. The van der Waals surface area contributed by atoms with Gasteiger partial charge in [-0.25, -0.2) is 0 Å². The molecule has 5 heteroatoms. The maximum atomic E-state index is 12.5. The van der Waals surface area contributed by atoms with E-state index in [0.29, 0.717) is 11.4 Å². The molecule has 1 aliphatic rings. The number of rotatable bonds is 2. The van der Waals surface area contributed by atoms with E-state index in [4.69, 9.17) is 18.0 Å². The number of hydrogen-bond acceptors (Lipinski definition) is 2. The Balaban J connectivity index is 2.04. The molecule has 0 atom stereocenters. The highest BCUT2D eigenvalue weighted by molar-refractivity contribution is 9.10. The molecule has 0 spiro atoms. The number of ketones is 1. The van der Waals surface area contributed by atoms with Crippen LogP contribution < -0.4 is 5.73 Å². The number of carbonyl (C=O) groups is 1. The number of hydrogen-bond donors (Lipinski definition) is 1.